The highest BCUT2D eigenvalue weighted by Gasteiger charge is 2.31. The number of hydrogen-bond acceptors (Lipinski definition) is 2. The molecule has 4 heteroatoms. The minimum absolute atomic E-state index is 0. The van der Waals surface area contributed by atoms with Crippen LogP contribution in [0.15, 0.2) is 78.9 Å². The Labute approximate surface area is 182 Å². The van der Waals surface area contributed by atoms with Gasteiger partial charge in [0.1, 0.15) is 5.75 Å². The van der Waals surface area contributed by atoms with Crippen LogP contribution in [0.2, 0.25) is 0 Å². The van der Waals surface area contributed by atoms with E-state index < -0.39 is 0 Å². The molecule has 0 heterocycles. The number of methoxy groups -OCH3 is 1. The molecule has 1 amide bonds. The topological polar surface area (TPSA) is 38.3 Å². The highest BCUT2D eigenvalue weighted by atomic mass is 79.9. The molecule has 1 aliphatic carbocycles. The van der Waals surface area contributed by atoms with E-state index in [1.165, 1.54) is 16.7 Å². The third-order valence-corrected chi connectivity index (χ3v) is 5.63. The molecule has 1 N–H and O–H groups in total. The van der Waals surface area contributed by atoms with Gasteiger partial charge in [-0.3, -0.25) is 4.79 Å². The second-order valence-electron chi connectivity index (χ2n) is 7.31. The van der Waals surface area contributed by atoms with Crippen molar-refractivity contribution >= 4 is 22.9 Å². The van der Waals surface area contributed by atoms with Gasteiger partial charge in [-0.1, -0.05) is 66.7 Å². The maximum absolute atomic E-state index is 13.0. The van der Waals surface area contributed by atoms with Crippen LogP contribution >= 0.6 is 17.0 Å². The summed E-state index contributed by atoms with van der Waals surface area (Å²) in [6.45, 7) is 0. The minimum atomic E-state index is -0.0695. The lowest BCUT2D eigenvalue weighted by Crippen LogP contribution is -2.42. The largest absolute Gasteiger partial charge is 0.496 e. The zero-order valence-corrected chi connectivity index (χ0v) is 18.2. The highest BCUT2D eigenvalue weighted by Crippen LogP contribution is 2.35. The van der Waals surface area contributed by atoms with Gasteiger partial charge in [0, 0.05) is 12.0 Å². The predicted molar refractivity (Wildman–Crippen MR) is 122 cm³/mol. The summed E-state index contributed by atoms with van der Waals surface area (Å²) in [5.74, 6) is 0.793. The monoisotopic (exact) mass is 451 g/mol. The van der Waals surface area contributed by atoms with Gasteiger partial charge < -0.3 is 10.1 Å². The third-order valence-electron chi connectivity index (χ3n) is 5.63. The number of amides is 1. The number of carbonyl (C=O) groups is 1. The average molecular weight is 452 g/mol. The van der Waals surface area contributed by atoms with Crippen LogP contribution in [0.4, 0.5) is 0 Å². The summed E-state index contributed by atoms with van der Waals surface area (Å²) in [7, 11) is 1.60. The Morgan fingerprint density at radius 1 is 0.966 bits per heavy atom. The Kier molecular flexibility index (Phi) is 7.10. The number of halogens is 1. The molecule has 0 aliphatic heterocycles. The highest BCUT2D eigenvalue weighted by molar-refractivity contribution is 8.93. The summed E-state index contributed by atoms with van der Waals surface area (Å²) in [6, 6.07) is 26.6. The predicted octanol–water partition coefficient (Wildman–Crippen LogP) is 5.34. The summed E-state index contributed by atoms with van der Waals surface area (Å²) in [5, 5.41) is 3.30. The van der Waals surface area contributed by atoms with Crippen LogP contribution in [0.25, 0.3) is 0 Å². The van der Waals surface area contributed by atoms with Crippen LogP contribution in [-0.4, -0.2) is 19.1 Å². The first-order valence-electron chi connectivity index (χ1n) is 9.82. The molecule has 2 atom stereocenters. The summed E-state index contributed by atoms with van der Waals surface area (Å²) in [4.78, 5) is 13.0. The molecular weight excluding hydrogens is 426 g/mol. The molecule has 1 aliphatic rings. The number of nitrogens with one attached hydrogen (secondary N) is 1. The summed E-state index contributed by atoms with van der Waals surface area (Å²) in [5.41, 5.74) is 4.62. The Balaban J connectivity index is 0.00000240. The number of benzene rings is 3. The van der Waals surface area contributed by atoms with E-state index in [0.29, 0.717) is 11.3 Å². The number of ether oxygens (including phenoxy) is 1. The van der Waals surface area contributed by atoms with Crippen molar-refractivity contribution in [1.29, 1.82) is 0 Å². The normalized spacial score (nSPS) is 17.6. The molecule has 2 unspecified atom stereocenters. The molecule has 0 saturated heterocycles. The van der Waals surface area contributed by atoms with E-state index in [9.17, 15) is 4.79 Å². The number of carbonyl (C=O) groups excluding carboxylic acids is 1. The number of rotatable bonds is 5. The molecule has 0 bridgehead atoms. The Morgan fingerprint density at radius 2 is 1.66 bits per heavy atom. The van der Waals surface area contributed by atoms with Crippen molar-refractivity contribution in [2.45, 2.75) is 31.2 Å². The van der Waals surface area contributed by atoms with Crippen molar-refractivity contribution in [3.05, 3.63) is 101 Å². The van der Waals surface area contributed by atoms with Crippen molar-refractivity contribution < 1.29 is 9.53 Å². The summed E-state index contributed by atoms with van der Waals surface area (Å²) < 4.78 is 5.37. The lowest BCUT2D eigenvalue weighted by atomic mass is 9.76. The van der Waals surface area contributed by atoms with E-state index in [2.05, 4.69) is 53.8 Å². The fraction of sp³-hybridized carbons (Fsp3) is 0.240. The van der Waals surface area contributed by atoms with Crippen LogP contribution < -0.4 is 10.1 Å². The lowest BCUT2D eigenvalue weighted by Gasteiger charge is -2.34. The van der Waals surface area contributed by atoms with Gasteiger partial charge in [0.2, 0.25) is 0 Å². The zero-order valence-electron chi connectivity index (χ0n) is 16.5. The quantitative estimate of drug-likeness (QED) is 0.567. The van der Waals surface area contributed by atoms with E-state index in [1.54, 1.807) is 7.11 Å². The molecule has 3 aromatic rings. The molecule has 3 nitrogen and oxygen atoms in total. The van der Waals surface area contributed by atoms with Crippen LogP contribution in [0, 0.1) is 0 Å². The number of hydrogen-bond donors (Lipinski definition) is 1. The first-order valence-corrected chi connectivity index (χ1v) is 9.82. The molecule has 4 rings (SSSR count). The fourth-order valence-electron chi connectivity index (χ4n) is 4.22. The lowest BCUT2D eigenvalue weighted by molar-refractivity contribution is 0.0923. The van der Waals surface area contributed by atoms with Gasteiger partial charge >= 0.3 is 0 Å². The van der Waals surface area contributed by atoms with Crippen LogP contribution in [0.3, 0.4) is 0 Å². The Hall–Kier alpha value is -2.59. The van der Waals surface area contributed by atoms with Crippen molar-refractivity contribution in [3.8, 4) is 5.75 Å². The fourth-order valence-corrected chi connectivity index (χ4v) is 4.22. The molecule has 0 aromatic heterocycles. The van der Waals surface area contributed by atoms with Gasteiger partial charge in [0.05, 0.1) is 12.7 Å². The van der Waals surface area contributed by atoms with Crippen LogP contribution in [0.1, 0.15) is 39.4 Å². The van der Waals surface area contributed by atoms with Gasteiger partial charge in [-0.2, -0.15) is 0 Å². The van der Waals surface area contributed by atoms with E-state index in [-0.39, 0.29) is 34.8 Å². The molecule has 0 fully saturated rings. The van der Waals surface area contributed by atoms with E-state index >= 15 is 0 Å². The number of fused-ring (bicyclic) bond motifs is 1. The molecule has 0 spiro atoms. The molecular formula is C25H26BrNO2. The second-order valence-corrected chi connectivity index (χ2v) is 7.31. The van der Waals surface area contributed by atoms with Gasteiger partial charge in [-0.15, -0.1) is 17.0 Å². The first kappa shape index (κ1) is 21.1. The molecule has 150 valence electrons. The molecule has 3 aromatic carbocycles. The van der Waals surface area contributed by atoms with Gasteiger partial charge in [-0.25, -0.2) is 0 Å². The van der Waals surface area contributed by atoms with Crippen LogP contribution in [0.5, 0.6) is 5.75 Å². The van der Waals surface area contributed by atoms with Gasteiger partial charge in [0.15, 0.2) is 0 Å². The Bertz CT molecular complexity index is 958. The number of para-hydroxylation sites is 1. The molecule has 0 radical (unpaired) electrons. The SMILES string of the molecule is Br.COc1ccccc1C(=O)NC1CCc2ccccc2C1Cc1ccccc1. The van der Waals surface area contributed by atoms with Crippen molar-refractivity contribution in [2.24, 2.45) is 0 Å². The number of aryl methyl sites for hydroxylation is 1. The Morgan fingerprint density at radius 3 is 2.45 bits per heavy atom. The van der Waals surface area contributed by atoms with Gasteiger partial charge in [0.25, 0.3) is 5.91 Å². The van der Waals surface area contributed by atoms with E-state index in [0.717, 1.165) is 19.3 Å². The van der Waals surface area contributed by atoms with Crippen molar-refractivity contribution in [3.63, 3.8) is 0 Å². The van der Waals surface area contributed by atoms with E-state index in [1.807, 2.05) is 30.3 Å². The van der Waals surface area contributed by atoms with Gasteiger partial charge in [-0.05, 0) is 48.1 Å². The average Bonchev–Trinajstić information content (AvgIpc) is 2.76. The standard InChI is InChI=1S/C25H25NO2.BrH/c1-28-24-14-8-7-13-21(24)25(27)26-23-16-15-19-11-5-6-12-20(19)22(23)17-18-9-3-2-4-10-18;/h2-14,22-23H,15-17H2,1H3,(H,26,27);1H. The summed E-state index contributed by atoms with van der Waals surface area (Å²) in [6.07, 6.45) is 2.84. The maximum Gasteiger partial charge on any atom is 0.255 e. The van der Waals surface area contributed by atoms with Crippen molar-refractivity contribution in [2.75, 3.05) is 7.11 Å². The second kappa shape index (κ2) is 9.75. The van der Waals surface area contributed by atoms with Crippen molar-refractivity contribution in [1.82, 2.24) is 5.32 Å². The summed E-state index contributed by atoms with van der Waals surface area (Å²) >= 11 is 0. The van der Waals surface area contributed by atoms with E-state index in [4.69, 9.17) is 4.74 Å². The first-order chi connectivity index (χ1) is 13.8. The maximum atomic E-state index is 13.0. The van der Waals surface area contributed by atoms with Crippen LogP contribution in [-0.2, 0) is 12.8 Å². The zero-order chi connectivity index (χ0) is 19.3. The smallest absolute Gasteiger partial charge is 0.255 e. The molecule has 29 heavy (non-hydrogen) atoms. The third kappa shape index (κ3) is 4.70. The minimum Gasteiger partial charge on any atom is -0.496 e. The molecule has 0 saturated carbocycles.